The van der Waals surface area contributed by atoms with Crippen molar-refractivity contribution in [2.75, 3.05) is 12.1 Å². The third-order valence-corrected chi connectivity index (χ3v) is 3.08. The summed E-state index contributed by atoms with van der Waals surface area (Å²) < 4.78 is 16.0. The topological polar surface area (TPSA) is 77.1 Å². The zero-order chi connectivity index (χ0) is 20.1. The number of hydrogen-bond acceptors (Lipinski definition) is 5. The van der Waals surface area contributed by atoms with Gasteiger partial charge in [-0.25, -0.2) is 15.0 Å². The molecule has 0 fully saturated rings. The summed E-state index contributed by atoms with van der Waals surface area (Å²) >= 11 is 0. The third-order valence-electron chi connectivity index (χ3n) is 3.08. The van der Waals surface area contributed by atoms with Crippen molar-refractivity contribution in [1.82, 2.24) is 5.43 Å². The van der Waals surface area contributed by atoms with Gasteiger partial charge in [-0.2, -0.15) is 5.01 Å². The molecule has 1 rings (SSSR count). The number of nitrogens with one attached hydrogen (secondary N) is 1. The molecule has 0 spiro atoms. The molecule has 0 aliphatic heterocycles. The molecule has 26 heavy (non-hydrogen) atoms. The Kier molecular flexibility index (Phi) is 6.89. The fourth-order valence-corrected chi connectivity index (χ4v) is 2.10. The first kappa shape index (κ1) is 21.6. The van der Waals surface area contributed by atoms with Crippen molar-refractivity contribution < 1.29 is 23.8 Å². The lowest BCUT2D eigenvalue weighted by Crippen LogP contribution is -2.50. The van der Waals surface area contributed by atoms with E-state index in [1.807, 2.05) is 6.92 Å². The molecular weight excluding hydrogens is 336 g/mol. The molecule has 0 heterocycles. The zero-order valence-electron chi connectivity index (χ0n) is 16.9. The normalized spacial score (nSPS) is 11.5. The first-order valence-electron chi connectivity index (χ1n) is 8.56. The summed E-state index contributed by atoms with van der Waals surface area (Å²) in [6, 6.07) is 5.17. The number of rotatable bonds is 3. The van der Waals surface area contributed by atoms with Crippen LogP contribution in [0.4, 0.5) is 15.3 Å². The summed E-state index contributed by atoms with van der Waals surface area (Å²) in [5.74, 6) is 0.706. The number of amides is 2. The Morgan fingerprint density at radius 1 is 1.04 bits per heavy atom. The lowest BCUT2D eigenvalue weighted by atomic mass is 10.1. The van der Waals surface area contributed by atoms with Crippen LogP contribution in [0.25, 0.3) is 0 Å². The molecule has 0 saturated heterocycles. The van der Waals surface area contributed by atoms with Gasteiger partial charge in [-0.15, -0.1) is 0 Å². The van der Waals surface area contributed by atoms with Gasteiger partial charge in [-0.3, -0.25) is 0 Å². The van der Waals surface area contributed by atoms with Crippen molar-refractivity contribution >= 4 is 17.9 Å². The van der Waals surface area contributed by atoms with E-state index in [1.165, 1.54) is 0 Å². The fourth-order valence-electron chi connectivity index (χ4n) is 2.10. The standard InChI is InChI=1S/C19H30N2O5/c1-9-13-12-14(10-11-15(13)24-8)21(17(23)26-19(5,6)7)20-16(22)25-18(2,3)4/h10-12H,9H2,1-8H3,(H,20,22). The molecule has 0 aliphatic rings. The van der Waals surface area contributed by atoms with Crippen molar-refractivity contribution in [2.45, 2.75) is 66.1 Å². The van der Waals surface area contributed by atoms with Crippen LogP contribution in [0.1, 0.15) is 54.0 Å². The summed E-state index contributed by atoms with van der Waals surface area (Å²) in [7, 11) is 1.58. The Morgan fingerprint density at radius 3 is 2.08 bits per heavy atom. The summed E-state index contributed by atoms with van der Waals surface area (Å²) in [5.41, 5.74) is 2.38. The van der Waals surface area contributed by atoms with Gasteiger partial charge in [-0.1, -0.05) is 6.92 Å². The summed E-state index contributed by atoms with van der Waals surface area (Å²) in [6.07, 6.45) is -0.765. The minimum absolute atomic E-state index is 0.447. The van der Waals surface area contributed by atoms with E-state index in [4.69, 9.17) is 14.2 Å². The highest BCUT2D eigenvalue weighted by Gasteiger charge is 2.27. The molecule has 0 atom stereocenters. The second-order valence-electron chi connectivity index (χ2n) is 7.78. The first-order valence-corrected chi connectivity index (χ1v) is 8.56. The molecule has 0 bridgehead atoms. The summed E-state index contributed by atoms with van der Waals surface area (Å²) in [5, 5.41) is 1.04. The van der Waals surface area contributed by atoms with E-state index in [9.17, 15) is 9.59 Å². The van der Waals surface area contributed by atoms with Crippen molar-refractivity contribution in [2.24, 2.45) is 0 Å². The van der Waals surface area contributed by atoms with Crippen LogP contribution < -0.4 is 15.2 Å². The van der Waals surface area contributed by atoms with Gasteiger partial charge in [0, 0.05) is 0 Å². The highest BCUT2D eigenvalue weighted by molar-refractivity contribution is 5.91. The lowest BCUT2D eigenvalue weighted by Gasteiger charge is -2.29. The summed E-state index contributed by atoms with van der Waals surface area (Å²) in [6.45, 7) is 12.5. The minimum atomic E-state index is -0.753. The Bertz CT molecular complexity index is 644. The predicted molar refractivity (Wildman–Crippen MR) is 100 cm³/mol. The number of anilines is 1. The number of hydrogen-bond donors (Lipinski definition) is 1. The number of carbonyl (C=O) groups excluding carboxylic acids is 2. The van der Waals surface area contributed by atoms with E-state index in [2.05, 4.69) is 5.43 Å². The predicted octanol–water partition coefficient (Wildman–Crippen LogP) is 4.44. The number of hydrazine groups is 1. The number of methoxy groups -OCH3 is 1. The number of benzene rings is 1. The molecule has 1 aromatic carbocycles. The van der Waals surface area contributed by atoms with Gasteiger partial charge in [0.2, 0.25) is 0 Å². The van der Waals surface area contributed by atoms with Crippen molar-refractivity contribution in [3.05, 3.63) is 23.8 Å². The van der Waals surface area contributed by atoms with Gasteiger partial charge in [0.15, 0.2) is 0 Å². The fraction of sp³-hybridized carbons (Fsp3) is 0.579. The van der Waals surface area contributed by atoms with E-state index in [-0.39, 0.29) is 0 Å². The molecule has 1 aromatic rings. The molecule has 1 N–H and O–H groups in total. The highest BCUT2D eigenvalue weighted by atomic mass is 16.6. The van der Waals surface area contributed by atoms with E-state index >= 15 is 0 Å². The van der Waals surface area contributed by atoms with Gasteiger partial charge in [0.1, 0.15) is 17.0 Å². The van der Waals surface area contributed by atoms with E-state index in [1.54, 1.807) is 66.9 Å². The molecule has 146 valence electrons. The van der Waals surface area contributed by atoms with Gasteiger partial charge < -0.3 is 14.2 Å². The Labute approximate surface area is 155 Å². The van der Waals surface area contributed by atoms with Crippen LogP contribution in [0, 0.1) is 0 Å². The second-order valence-corrected chi connectivity index (χ2v) is 7.78. The average Bonchev–Trinajstić information content (AvgIpc) is 2.48. The van der Waals surface area contributed by atoms with Crippen LogP contribution in [0.3, 0.4) is 0 Å². The number of aryl methyl sites for hydroxylation is 1. The van der Waals surface area contributed by atoms with Crippen LogP contribution >= 0.6 is 0 Å². The van der Waals surface area contributed by atoms with Gasteiger partial charge in [0.05, 0.1) is 12.8 Å². The van der Waals surface area contributed by atoms with Crippen LogP contribution in [0.2, 0.25) is 0 Å². The van der Waals surface area contributed by atoms with Crippen LogP contribution in [0.5, 0.6) is 5.75 Å². The molecule has 0 unspecified atom stereocenters. The Hall–Kier alpha value is -2.44. The van der Waals surface area contributed by atoms with E-state index < -0.39 is 23.4 Å². The van der Waals surface area contributed by atoms with Gasteiger partial charge in [-0.05, 0) is 71.7 Å². The molecule has 7 nitrogen and oxygen atoms in total. The third kappa shape index (κ3) is 6.82. The molecule has 7 heteroatoms. The van der Waals surface area contributed by atoms with Gasteiger partial charge in [0.25, 0.3) is 0 Å². The van der Waals surface area contributed by atoms with Crippen molar-refractivity contribution in [3.8, 4) is 5.75 Å². The maximum Gasteiger partial charge on any atom is 0.434 e. The minimum Gasteiger partial charge on any atom is -0.496 e. The monoisotopic (exact) mass is 366 g/mol. The quantitative estimate of drug-likeness (QED) is 0.800. The largest absolute Gasteiger partial charge is 0.496 e. The molecule has 0 saturated carbocycles. The number of nitrogens with zero attached hydrogens (tertiary/aromatic N) is 1. The average molecular weight is 366 g/mol. The van der Waals surface area contributed by atoms with E-state index in [0.717, 1.165) is 10.6 Å². The van der Waals surface area contributed by atoms with Crippen molar-refractivity contribution in [1.29, 1.82) is 0 Å². The molecule has 0 aliphatic carbocycles. The highest BCUT2D eigenvalue weighted by Crippen LogP contribution is 2.26. The SMILES string of the molecule is CCc1cc(N(NC(=O)OC(C)(C)C)C(=O)OC(C)(C)C)ccc1OC. The molecular formula is C19H30N2O5. The smallest absolute Gasteiger partial charge is 0.434 e. The zero-order valence-corrected chi connectivity index (χ0v) is 16.9. The maximum atomic E-state index is 12.6. The van der Waals surface area contributed by atoms with Crippen LogP contribution in [-0.2, 0) is 15.9 Å². The molecule has 0 aromatic heterocycles. The Morgan fingerprint density at radius 2 is 1.62 bits per heavy atom. The van der Waals surface area contributed by atoms with Gasteiger partial charge >= 0.3 is 12.2 Å². The first-order chi connectivity index (χ1) is 11.9. The van der Waals surface area contributed by atoms with Crippen molar-refractivity contribution in [3.63, 3.8) is 0 Å². The maximum absolute atomic E-state index is 12.6. The van der Waals surface area contributed by atoms with Crippen LogP contribution in [-0.4, -0.2) is 30.5 Å². The molecule has 0 radical (unpaired) electrons. The number of ether oxygens (including phenoxy) is 3. The van der Waals surface area contributed by atoms with E-state index in [0.29, 0.717) is 17.9 Å². The second kappa shape index (κ2) is 8.29. The lowest BCUT2D eigenvalue weighted by molar-refractivity contribution is 0.0425. The number of carbonyl (C=O) groups is 2. The van der Waals surface area contributed by atoms with Crippen LogP contribution in [0.15, 0.2) is 18.2 Å². The Balaban J connectivity index is 3.19. The molecule has 2 amide bonds. The summed E-state index contributed by atoms with van der Waals surface area (Å²) in [4.78, 5) is 24.8.